The number of carboxylic acid groups (broad SMARTS) is 1. The number of hydrogen-bond donors (Lipinski definition) is 2. The highest BCUT2D eigenvalue weighted by atomic mass is 32.2. The molecule has 7 heteroatoms. The zero-order chi connectivity index (χ0) is 11.0. The number of carbonyl (C=O) groups is 1. The maximum absolute atomic E-state index is 11.3. The molecule has 1 atom stereocenters. The third-order valence-corrected chi connectivity index (χ3v) is 4.20. The van der Waals surface area contributed by atoms with E-state index in [4.69, 9.17) is 5.11 Å². The van der Waals surface area contributed by atoms with Gasteiger partial charge in [0.2, 0.25) is 10.0 Å². The summed E-state index contributed by atoms with van der Waals surface area (Å²) in [4.78, 5) is 10.6. The molecule has 82 valence electrons. The molecule has 1 aliphatic heterocycles. The van der Waals surface area contributed by atoms with Gasteiger partial charge in [0.15, 0.2) is 5.60 Å². The van der Waals surface area contributed by atoms with Crippen molar-refractivity contribution in [1.29, 1.82) is 0 Å². The quantitative estimate of drug-likeness (QED) is 0.630. The van der Waals surface area contributed by atoms with Crippen LogP contribution in [0.3, 0.4) is 0 Å². The van der Waals surface area contributed by atoms with Crippen molar-refractivity contribution in [2.45, 2.75) is 18.9 Å². The van der Waals surface area contributed by atoms with Crippen molar-refractivity contribution < 1.29 is 23.4 Å². The van der Waals surface area contributed by atoms with E-state index in [0.29, 0.717) is 0 Å². The Morgan fingerprint density at radius 3 is 2.50 bits per heavy atom. The highest BCUT2D eigenvalue weighted by molar-refractivity contribution is 7.89. The molecule has 6 nitrogen and oxygen atoms in total. The van der Waals surface area contributed by atoms with Crippen molar-refractivity contribution in [3.05, 3.63) is 0 Å². The Labute approximate surface area is 82.2 Å². The van der Waals surface area contributed by atoms with Gasteiger partial charge in [-0.2, -0.15) is 4.31 Å². The first-order valence-corrected chi connectivity index (χ1v) is 5.86. The van der Waals surface area contributed by atoms with E-state index in [2.05, 4.69) is 0 Å². The maximum atomic E-state index is 11.3. The summed E-state index contributed by atoms with van der Waals surface area (Å²) in [5.41, 5.74) is -1.91. The van der Waals surface area contributed by atoms with Crippen LogP contribution in [0.4, 0.5) is 0 Å². The monoisotopic (exact) mass is 223 g/mol. The van der Waals surface area contributed by atoms with Crippen LogP contribution in [0.5, 0.6) is 0 Å². The van der Waals surface area contributed by atoms with Gasteiger partial charge in [0.25, 0.3) is 0 Å². The molecule has 1 saturated heterocycles. The largest absolute Gasteiger partial charge is 0.479 e. The summed E-state index contributed by atoms with van der Waals surface area (Å²) >= 11 is 0. The molecule has 0 spiro atoms. The summed E-state index contributed by atoms with van der Waals surface area (Å²) in [6.45, 7) is 1.20. The summed E-state index contributed by atoms with van der Waals surface area (Å²) in [5.74, 6) is -1.45. The van der Waals surface area contributed by atoms with Gasteiger partial charge in [-0.3, -0.25) is 0 Å². The summed E-state index contributed by atoms with van der Waals surface area (Å²) in [6, 6.07) is 0. The minimum absolute atomic E-state index is 0.0540. The number of aliphatic carboxylic acids is 1. The molecule has 1 unspecified atom stereocenters. The lowest BCUT2D eigenvalue weighted by molar-refractivity contribution is -0.156. The number of sulfonamides is 1. The van der Waals surface area contributed by atoms with Gasteiger partial charge in [-0.15, -0.1) is 0 Å². The fourth-order valence-corrected chi connectivity index (χ4v) is 2.50. The average Bonchev–Trinajstić information content (AvgIpc) is 2.50. The topological polar surface area (TPSA) is 94.9 Å². The first-order valence-electron chi connectivity index (χ1n) is 4.25. The lowest BCUT2D eigenvalue weighted by Gasteiger charge is -2.18. The molecule has 0 amide bonds. The fourth-order valence-electron chi connectivity index (χ4n) is 1.35. The zero-order valence-electron chi connectivity index (χ0n) is 7.80. The van der Waals surface area contributed by atoms with Gasteiger partial charge >= 0.3 is 5.97 Å². The molecule has 1 heterocycles. The van der Waals surface area contributed by atoms with E-state index in [9.17, 15) is 18.3 Å². The van der Waals surface area contributed by atoms with Crippen molar-refractivity contribution in [1.82, 2.24) is 4.31 Å². The van der Waals surface area contributed by atoms with Crippen LogP contribution < -0.4 is 0 Å². The van der Waals surface area contributed by atoms with Crippen molar-refractivity contribution in [3.63, 3.8) is 0 Å². The molecule has 1 aliphatic rings. The van der Waals surface area contributed by atoms with E-state index in [-0.39, 0.29) is 25.3 Å². The van der Waals surface area contributed by atoms with E-state index in [1.54, 1.807) is 0 Å². The van der Waals surface area contributed by atoms with Gasteiger partial charge in [0.1, 0.15) is 0 Å². The second-order valence-electron chi connectivity index (χ2n) is 3.32. The zero-order valence-corrected chi connectivity index (χ0v) is 8.62. The van der Waals surface area contributed by atoms with Crippen molar-refractivity contribution >= 4 is 16.0 Å². The first kappa shape index (κ1) is 11.4. The van der Waals surface area contributed by atoms with Gasteiger partial charge in [0, 0.05) is 13.0 Å². The van der Waals surface area contributed by atoms with Crippen molar-refractivity contribution in [3.8, 4) is 0 Å². The Kier molecular flexibility index (Phi) is 2.84. The summed E-state index contributed by atoms with van der Waals surface area (Å²) in [5, 5.41) is 18.1. The summed E-state index contributed by atoms with van der Waals surface area (Å²) < 4.78 is 23.7. The Bertz CT molecular complexity index is 338. The van der Waals surface area contributed by atoms with Crippen LogP contribution in [-0.4, -0.2) is 53.3 Å². The molecule has 14 heavy (non-hydrogen) atoms. The van der Waals surface area contributed by atoms with E-state index in [0.717, 1.165) is 4.31 Å². The molecule has 1 fully saturated rings. The average molecular weight is 223 g/mol. The summed E-state index contributed by atoms with van der Waals surface area (Å²) in [7, 11) is -3.39. The Morgan fingerprint density at radius 2 is 2.14 bits per heavy atom. The van der Waals surface area contributed by atoms with Crippen LogP contribution in [-0.2, 0) is 14.8 Å². The van der Waals surface area contributed by atoms with E-state index < -0.39 is 21.6 Å². The highest BCUT2D eigenvalue weighted by Gasteiger charge is 2.46. The van der Waals surface area contributed by atoms with Gasteiger partial charge in [-0.05, 0) is 6.92 Å². The molecule has 0 radical (unpaired) electrons. The Hall–Kier alpha value is -0.660. The first-order chi connectivity index (χ1) is 6.32. The fraction of sp³-hybridized carbons (Fsp3) is 0.857. The maximum Gasteiger partial charge on any atom is 0.337 e. The molecule has 0 bridgehead atoms. The minimum Gasteiger partial charge on any atom is -0.479 e. The normalized spacial score (nSPS) is 29.3. The Morgan fingerprint density at radius 1 is 1.57 bits per heavy atom. The number of rotatable bonds is 3. The smallest absolute Gasteiger partial charge is 0.337 e. The van der Waals surface area contributed by atoms with Crippen LogP contribution in [0.2, 0.25) is 0 Å². The van der Waals surface area contributed by atoms with Gasteiger partial charge in [0.05, 0.1) is 12.3 Å². The van der Waals surface area contributed by atoms with E-state index in [1.165, 1.54) is 6.92 Å². The van der Waals surface area contributed by atoms with E-state index in [1.807, 2.05) is 0 Å². The molecular formula is C7H13NO5S. The number of β-amino-alcohol motifs (C(OH)–C–C–N with tert-alkyl or cyclic N) is 1. The lowest BCUT2D eigenvalue weighted by Crippen LogP contribution is -2.42. The predicted molar refractivity (Wildman–Crippen MR) is 48.2 cm³/mol. The molecule has 0 aromatic rings. The number of hydrogen-bond acceptors (Lipinski definition) is 4. The van der Waals surface area contributed by atoms with Crippen molar-refractivity contribution in [2.75, 3.05) is 18.8 Å². The van der Waals surface area contributed by atoms with Crippen LogP contribution in [0, 0.1) is 0 Å². The SMILES string of the molecule is CCS(=O)(=O)N1CCC(O)(C(=O)O)C1. The van der Waals surface area contributed by atoms with Crippen LogP contribution in [0.1, 0.15) is 13.3 Å². The van der Waals surface area contributed by atoms with Crippen LogP contribution in [0.25, 0.3) is 0 Å². The third kappa shape index (κ3) is 1.89. The lowest BCUT2D eigenvalue weighted by atomic mass is 10.1. The predicted octanol–water partition coefficient (Wildman–Crippen LogP) is -1.14. The van der Waals surface area contributed by atoms with Crippen molar-refractivity contribution in [2.24, 2.45) is 0 Å². The molecule has 0 aromatic carbocycles. The second kappa shape index (κ2) is 3.48. The molecular weight excluding hydrogens is 210 g/mol. The molecule has 0 aliphatic carbocycles. The second-order valence-corrected chi connectivity index (χ2v) is 5.58. The number of carboxylic acids is 1. The van der Waals surface area contributed by atoms with Crippen LogP contribution >= 0.6 is 0 Å². The molecule has 0 saturated carbocycles. The van der Waals surface area contributed by atoms with E-state index >= 15 is 0 Å². The number of nitrogens with zero attached hydrogens (tertiary/aromatic N) is 1. The van der Waals surface area contributed by atoms with Gasteiger partial charge in [-0.25, -0.2) is 13.2 Å². The number of aliphatic hydroxyl groups is 1. The standard InChI is InChI=1S/C7H13NO5S/c1-2-14(12,13)8-4-3-7(11,5-8)6(9)10/h11H,2-5H2,1H3,(H,9,10). The molecule has 2 N–H and O–H groups in total. The van der Waals surface area contributed by atoms with Crippen LogP contribution in [0.15, 0.2) is 0 Å². The van der Waals surface area contributed by atoms with Gasteiger partial charge < -0.3 is 10.2 Å². The molecule has 1 rings (SSSR count). The van der Waals surface area contributed by atoms with Gasteiger partial charge in [-0.1, -0.05) is 0 Å². The Balaban J connectivity index is 2.81. The summed E-state index contributed by atoms with van der Waals surface area (Å²) in [6.07, 6.45) is -0.0540. The third-order valence-electron chi connectivity index (χ3n) is 2.37. The minimum atomic E-state index is -3.39. The highest BCUT2D eigenvalue weighted by Crippen LogP contribution is 2.23. The molecule has 0 aromatic heterocycles.